The lowest BCUT2D eigenvalue weighted by molar-refractivity contribution is -0.121. The van der Waals surface area contributed by atoms with E-state index in [2.05, 4.69) is 5.32 Å². The van der Waals surface area contributed by atoms with Gasteiger partial charge in [-0.1, -0.05) is 0 Å². The molecule has 1 rings (SSSR count). The molecule has 0 radical (unpaired) electrons. The van der Waals surface area contributed by atoms with E-state index in [4.69, 9.17) is 5.73 Å². The van der Waals surface area contributed by atoms with Crippen molar-refractivity contribution < 1.29 is 14.0 Å². The Kier molecular flexibility index (Phi) is 4.65. The molecule has 0 bridgehead atoms. The fraction of sp³-hybridized carbons (Fsp3) is 0.333. The largest absolute Gasteiger partial charge is 0.398 e. The smallest absolute Gasteiger partial charge is 0.256 e. The van der Waals surface area contributed by atoms with Gasteiger partial charge in [0.05, 0.1) is 12.1 Å². The molecule has 1 aromatic carbocycles. The van der Waals surface area contributed by atoms with Gasteiger partial charge in [0, 0.05) is 19.3 Å². The summed E-state index contributed by atoms with van der Waals surface area (Å²) in [5.74, 6) is -1.16. The number of nitrogens with zero attached hydrogens (tertiary/aromatic N) is 1. The molecule has 18 heavy (non-hydrogen) atoms. The van der Waals surface area contributed by atoms with Gasteiger partial charge in [0.2, 0.25) is 5.91 Å². The molecule has 5 nitrogen and oxygen atoms in total. The first kappa shape index (κ1) is 14.0. The number of hydrogen-bond acceptors (Lipinski definition) is 3. The van der Waals surface area contributed by atoms with Crippen molar-refractivity contribution in [2.75, 3.05) is 25.9 Å². The van der Waals surface area contributed by atoms with Gasteiger partial charge in [0.1, 0.15) is 5.82 Å². The van der Waals surface area contributed by atoms with Crippen LogP contribution in [0.2, 0.25) is 0 Å². The maximum atomic E-state index is 12.9. The standard InChI is InChI=1S/C12H16FN3O2/c1-3-16(7-11(17)15-2)12(18)9-5-4-8(13)6-10(9)14/h4-6H,3,7,14H2,1-2H3,(H,15,17). The SMILES string of the molecule is CCN(CC(=O)NC)C(=O)c1ccc(F)cc1N. The van der Waals surface area contributed by atoms with E-state index in [0.29, 0.717) is 6.54 Å². The van der Waals surface area contributed by atoms with E-state index in [9.17, 15) is 14.0 Å². The minimum atomic E-state index is -0.501. The molecule has 98 valence electrons. The molecule has 0 atom stereocenters. The monoisotopic (exact) mass is 253 g/mol. The molecular weight excluding hydrogens is 237 g/mol. The number of nitrogens with two attached hydrogens (primary N) is 1. The maximum Gasteiger partial charge on any atom is 0.256 e. The average molecular weight is 253 g/mol. The molecular formula is C12H16FN3O2. The zero-order valence-electron chi connectivity index (χ0n) is 10.4. The van der Waals surface area contributed by atoms with Crippen molar-refractivity contribution in [1.29, 1.82) is 0 Å². The summed E-state index contributed by atoms with van der Waals surface area (Å²) in [5, 5.41) is 2.44. The number of likely N-dealkylation sites (N-methyl/N-ethyl adjacent to an activating group) is 2. The quantitative estimate of drug-likeness (QED) is 0.772. The van der Waals surface area contributed by atoms with Crippen LogP contribution < -0.4 is 11.1 Å². The Morgan fingerprint density at radius 3 is 2.61 bits per heavy atom. The number of carbonyl (C=O) groups is 2. The second-order valence-corrected chi connectivity index (χ2v) is 3.72. The van der Waals surface area contributed by atoms with Crippen molar-refractivity contribution in [2.45, 2.75) is 6.92 Å². The van der Waals surface area contributed by atoms with Gasteiger partial charge in [-0.3, -0.25) is 9.59 Å². The molecule has 0 spiro atoms. The lowest BCUT2D eigenvalue weighted by Gasteiger charge is -2.20. The molecule has 0 unspecified atom stereocenters. The number of halogens is 1. The summed E-state index contributed by atoms with van der Waals surface area (Å²) >= 11 is 0. The zero-order valence-corrected chi connectivity index (χ0v) is 10.4. The number of anilines is 1. The molecule has 3 N–H and O–H groups in total. The van der Waals surface area contributed by atoms with Gasteiger partial charge in [-0.05, 0) is 25.1 Å². The summed E-state index contributed by atoms with van der Waals surface area (Å²) in [6.07, 6.45) is 0. The van der Waals surface area contributed by atoms with Gasteiger partial charge >= 0.3 is 0 Å². The van der Waals surface area contributed by atoms with E-state index in [0.717, 1.165) is 12.1 Å². The van der Waals surface area contributed by atoms with E-state index in [1.807, 2.05) is 0 Å². The van der Waals surface area contributed by atoms with Crippen LogP contribution in [0.1, 0.15) is 17.3 Å². The van der Waals surface area contributed by atoms with Crippen LogP contribution in [0.3, 0.4) is 0 Å². The third-order valence-electron chi connectivity index (χ3n) is 2.53. The molecule has 0 saturated heterocycles. The third kappa shape index (κ3) is 3.19. The van der Waals surface area contributed by atoms with Crippen LogP contribution in [0.25, 0.3) is 0 Å². The third-order valence-corrected chi connectivity index (χ3v) is 2.53. The molecule has 0 saturated carbocycles. The van der Waals surface area contributed by atoms with E-state index in [1.54, 1.807) is 6.92 Å². The predicted molar refractivity (Wildman–Crippen MR) is 66.5 cm³/mol. The van der Waals surface area contributed by atoms with Crippen LogP contribution in [0.5, 0.6) is 0 Å². The number of hydrogen-bond donors (Lipinski definition) is 2. The van der Waals surface area contributed by atoms with Gasteiger partial charge in [-0.2, -0.15) is 0 Å². The number of benzene rings is 1. The van der Waals surface area contributed by atoms with Gasteiger partial charge in [0.15, 0.2) is 0 Å². The summed E-state index contributed by atoms with van der Waals surface area (Å²) in [6.45, 7) is 2.06. The summed E-state index contributed by atoms with van der Waals surface area (Å²) in [4.78, 5) is 24.7. The Labute approximate surface area is 105 Å². The highest BCUT2D eigenvalue weighted by atomic mass is 19.1. The molecule has 0 heterocycles. The highest BCUT2D eigenvalue weighted by molar-refractivity contribution is 6.00. The predicted octanol–water partition coefficient (Wildman–Crippen LogP) is 0.616. The van der Waals surface area contributed by atoms with Crippen LogP contribution in [-0.4, -0.2) is 36.9 Å². The second-order valence-electron chi connectivity index (χ2n) is 3.72. The Bertz CT molecular complexity index is 463. The summed E-state index contributed by atoms with van der Waals surface area (Å²) in [7, 11) is 1.49. The van der Waals surface area contributed by atoms with Gasteiger partial charge in [0.25, 0.3) is 5.91 Å². The lowest BCUT2D eigenvalue weighted by atomic mass is 10.1. The molecule has 0 aliphatic rings. The van der Waals surface area contributed by atoms with E-state index < -0.39 is 11.7 Å². The van der Waals surface area contributed by atoms with E-state index in [-0.39, 0.29) is 23.7 Å². The van der Waals surface area contributed by atoms with Crippen LogP contribution in [0.15, 0.2) is 18.2 Å². The maximum absolute atomic E-state index is 12.9. The number of carbonyl (C=O) groups excluding carboxylic acids is 2. The number of nitrogen functional groups attached to an aromatic ring is 1. The fourth-order valence-electron chi connectivity index (χ4n) is 1.48. The first-order chi connectivity index (χ1) is 8.49. The van der Waals surface area contributed by atoms with Crippen molar-refractivity contribution >= 4 is 17.5 Å². The normalized spacial score (nSPS) is 9.94. The molecule has 0 aliphatic carbocycles. The Morgan fingerprint density at radius 1 is 1.44 bits per heavy atom. The molecule has 0 aliphatic heterocycles. The second kappa shape index (κ2) is 6.00. The number of amides is 2. The highest BCUT2D eigenvalue weighted by Crippen LogP contribution is 2.15. The first-order valence-corrected chi connectivity index (χ1v) is 5.54. The summed E-state index contributed by atoms with van der Waals surface area (Å²) < 4.78 is 12.9. The molecule has 2 amide bonds. The zero-order chi connectivity index (χ0) is 13.7. The van der Waals surface area contributed by atoms with Crippen molar-refractivity contribution in [3.8, 4) is 0 Å². The van der Waals surface area contributed by atoms with Crippen molar-refractivity contribution in [3.63, 3.8) is 0 Å². The van der Waals surface area contributed by atoms with Crippen LogP contribution >= 0.6 is 0 Å². The Morgan fingerprint density at radius 2 is 2.11 bits per heavy atom. The van der Waals surface area contributed by atoms with Gasteiger partial charge < -0.3 is 16.0 Å². The summed E-state index contributed by atoms with van der Waals surface area (Å²) in [5.41, 5.74) is 5.85. The number of rotatable bonds is 4. The molecule has 0 aromatic heterocycles. The van der Waals surface area contributed by atoms with Crippen molar-refractivity contribution in [2.24, 2.45) is 0 Å². The Hall–Kier alpha value is -2.11. The number of nitrogens with one attached hydrogen (secondary N) is 1. The van der Waals surface area contributed by atoms with E-state index >= 15 is 0 Å². The van der Waals surface area contributed by atoms with Crippen molar-refractivity contribution in [1.82, 2.24) is 10.2 Å². The van der Waals surface area contributed by atoms with Crippen LogP contribution in [0, 0.1) is 5.82 Å². The molecule has 6 heteroatoms. The highest BCUT2D eigenvalue weighted by Gasteiger charge is 2.19. The Balaban J connectivity index is 2.93. The minimum absolute atomic E-state index is 0.0529. The summed E-state index contributed by atoms with van der Waals surface area (Å²) in [6, 6.07) is 3.57. The minimum Gasteiger partial charge on any atom is -0.398 e. The van der Waals surface area contributed by atoms with Crippen LogP contribution in [0.4, 0.5) is 10.1 Å². The fourth-order valence-corrected chi connectivity index (χ4v) is 1.48. The van der Waals surface area contributed by atoms with Gasteiger partial charge in [-0.25, -0.2) is 4.39 Å². The van der Waals surface area contributed by atoms with Crippen LogP contribution in [-0.2, 0) is 4.79 Å². The topological polar surface area (TPSA) is 75.4 Å². The first-order valence-electron chi connectivity index (χ1n) is 5.54. The van der Waals surface area contributed by atoms with Crippen molar-refractivity contribution in [3.05, 3.63) is 29.6 Å². The average Bonchev–Trinajstić information content (AvgIpc) is 2.34. The lowest BCUT2D eigenvalue weighted by Crippen LogP contribution is -2.39. The molecule has 1 aromatic rings. The molecule has 0 fully saturated rings. The van der Waals surface area contributed by atoms with Gasteiger partial charge in [-0.15, -0.1) is 0 Å². The van der Waals surface area contributed by atoms with E-state index in [1.165, 1.54) is 18.0 Å².